The van der Waals surface area contributed by atoms with Gasteiger partial charge in [0.05, 0.1) is 6.54 Å². The van der Waals surface area contributed by atoms with E-state index in [1.54, 1.807) is 29.2 Å². The van der Waals surface area contributed by atoms with Crippen molar-refractivity contribution in [2.75, 3.05) is 13.1 Å². The van der Waals surface area contributed by atoms with Crippen LogP contribution in [0.4, 0.5) is 4.79 Å². The SMILES string of the molecule is CC(=O)CN1C(=O)N2CCc3ccccc3[C@]2(c2ccc(Cl)cc2)C1=O. The molecule has 6 heteroatoms. The molecule has 0 unspecified atom stereocenters. The van der Waals surface area contributed by atoms with Gasteiger partial charge in [-0.1, -0.05) is 48.0 Å². The maximum atomic E-state index is 13.5. The highest BCUT2D eigenvalue weighted by atomic mass is 35.5. The van der Waals surface area contributed by atoms with Gasteiger partial charge >= 0.3 is 6.03 Å². The highest BCUT2D eigenvalue weighted by Gasteiger charge is 2.61. The maximum Gasteiger partial charge on any atom is 0.328 e. The van der Waals surface area contributed by atoms with Crippen LogP contribution >= 0.6 is 11.6 Å². The smallest absolute Gasteiger partial charge is 0.301 e. The van der Waals surface area contributed by atoms with Gasteiger partial charge in [-0.25, -0.2) is 4.79 Å². The van der Waals surface area contributed by atoms with Gasteiger partial charge in [-0.05, 0) is 42.2 Å². The van der Waals surface area contributed by atoms with Gasteiger partial charge in [0.25, 0.3) is 5.91 Å². The summed E-state index contributed by atoms with van der Waals surface area (Å²) in [5.41, 5.74) is 1.26. The molecule has 1 saturated heterocycles. The first kappa shape index (κ1) is 16.8. The predicted molar refractivity (Wildman–Crippen MR) is 96.9 cm³/mol. The third kappa shape index (κ3) is 2.20. The van der Waals surface area contributed by atoms with E-state index in [0.717, 1.165) is 16.0 Å². The van der Waals surface area contributed by atoms with Crippen LogP contribution in [0.3, 0.4) is 0 Å². The summed E-state index contributed by atoms with van der Waals surface area (Å²) in [6.45, 7) is 1.57. The zero-order chi connectivity index (χ0) is 18.5. The summed E-state index contributed by atoms with van der Waals surface area (Å²) in [5.74, 6) is -0.613. The number of carbonyl (C=O) groups is 3. The number of rotatable bonds is 3. The van der Waals surface area contributed by atoms with Crippen LogP contribution in [-0.4, -0.2) is 40.6 Å². The fourth-order valence-electron chi connectivity index (χ4n) is 4.02. The lowest BCUT2D eigenvalue weighted by molar-refractivity contribution is -0.134. The molecule has 2 heterocycles. The van der Waals surface area contributed by atoms with E-state index in [9.17, 15) is 14.4 Å². The summed E-state index contributed by atoms with van der Waals surface area (Å²) < 4.78 is 0. The summed E-state index contributed by atoms with van der Waals surface area (Å²) in [6.07, 6.45) is 0.665. The third-order valence-corrected chi connectivity index (χ3v) is 5.33. The van der Waals surface area contributed by atoms with E-state index in [1.165, 1.54) is 6.92 Å². The number of hydrogen-bond donors (Lipinski definition) is 0. The van der Waals surface area contributed by atoms with Crippen molar-refractivity contribution in [2.24, 2.45) is 0 Å². The molecule has 2 aromatic rings. The Kier molecular flexibility index (Phi) is 3.84. The van der Waals surface area contributed by atoms with Crippen molar-refractivity contribution < 1.29 is 14.4 Å². The second kappa shape index (κ2) is 5.95. The number of hydrogen-bond acceptors (Lipinski definition) is 3. The molecule has 132 valence electrons. The van der Waals surface area contributed by atoms with Crippen LogP contribution in [0.2, 0.25) is 5.02 Å². The van der Waals surface area contributed by atoms with Crippen molar-refractivity contribution >= 4 is 29.3 Å². The first-order valence-electron chi connectivity index (χ1n) is 8.43. The second-order valence-corrected chi connectivity index (χ2v) is 7.09. The highest BCUT2D eigenvalue weighted by molar-refractivity contribution is 6.30. The fourth-order valence-corrected chi connectivity index (χ4v) is 4.15. The van der Waals surface area contributed by atoms with Crippen molar-refractivity contribution in [3.63, 3.8) is 0 Å². The minimum atomic E-state index is -1.24. The molecule has 4 rings (SSSR count). The van der Waals surface area contributed by atoms with Crippen LogP contribution < -0.4 is 0 Å². The molecule has 1 atom stereocenters. The number of ketones is 1. The van der Waals surface area contributed by atoms with Crippen molar-refractivity contribution in [3.05, 3.63) is 70.2 Å². The molecule has 2 aliphatic heterocycles. The van der Waals surface area contributed by atoms with Gasteiger partial charge in [0.1, 0.15) is 5.78 Å². The van der Waals surface area contributed by atoms with Gasteiger partial charge in [0.15, 0.2) is 5.54 Å². The molecule has 1 fully saturated rings. The minimum Gasteiger partial charge on any atom is -0.301 e. The number of imide groups is 1. The van der Waals surface area contributed by atoms with E-state index in [4.69, 9.17) is 11.6 Å². The number of benzene rings is 2. The molecule has 5 nitrogen and oxygen atoms in total. The lowest BCUT2D eigenvalue weighted by Gasteiger charge is -2.41. The second-order valence-electron chi connectivity index (χ2n) is 6.65. The van der Waals surface area contributed by atoms with Gasteiger partial charge in [-0.3, -0.25) is 14.5 Å². The number of fused-ring (bicyclic) bond motifs is 3. The third-order valence-electron chi connectivity index (χ3n) is 5.08. The normalized spacial score (nSPS) is 21.6. The van der Waals surface area contributed by atoms with Crippen molar-refractivity contribution in [3.8, 4) is 0 Å². The Morgan fingerprint density at radius 2 is 1.81 bits per heavy atom. The van der Waals surface area contributed by atoms with Crippen LogP contribution in [0.1, 0.15) is 23.6 Å². The van der Waals surface area contributed by atoms with Crippen molar-refractivity contribution in [1.29, 1.82) is 0 Å². The minimum absolute atomic E-state index is 0.217. The molecule has 0 spiro atoms. The number of halogens is 1. The lowest BCUT2D eigenvalue weighted by Crippen LogP contribution is -2.51. The molecule has 0 radical (unpaired) electrons. The van der Waals surface area contributed by atoms with Gasteiger partial charge in [0.2, 0.25) is 0 Å². The lowest BCUT2D eigenvalue weighted by atomic mass is 9.76. The Balaban J connectivity index is 1.99. The number of nitrogens with zero attached hydrogens (tertiary/aromatic N) is 2. The molecule has 0 aliphatic carbocycles. The van der Waals surface area contributed by atoms with Crippen LogP contribution in [0, 0.1) is 0 Å². The van der Waals surface area contributed by atoms with Crippen LogP contribution in [-0.2, 0) is 21.5 Å². The van der Waals surface area contributed by atoms with Crippen LogP contribution in [0.5, 0.6) is 0 Å². The standard InChI is InChI=1S/C20H17ClN2O3/c1-13(24)12-22-18(25)20(15-6-8-16(21)9-7-15)17-5-3-2-4-14(17)10-11-23(20)19(22)26/h2-9H,10-12H2,1H3/t20-/m1/s1. The highest BCUT2D eigenvalue weighted by Crippen LogP contribution is 2.47. The van der Waals surface area contributed by atoms with E-state index >= 15 is 0 Å². The summed E-state index contributed by atoms with van der Waals surface area (Å²) >= 11 is 6.03. The molecular formula is C20H17ClN2O3. The van der Waals surface area contributed by atoms with Gasteiger partial charge in [-0.2, -0.15) is 0 Å². The van der Waals surface area contributed by atoms with E-state index in [-0.39, 0.29) is 18.2 Å². The molecule has 0 aromatic heterocycles. The molecule has 2 aliphatic rings. The Morgan fingerprint density at radius 1 is 1.12 bits per heavy atom. The number of carbonyl (C=O) groups excluding carboxylic acids is 3. The molecule has 0 N–H and O–H groups in total. The maximum absolute atomic E-state index is 13.5. The fraction of sp³-hybridized carbons (Fsp3) is 0.250. The van der Waals surface area contributed by atoms with Gasteiger partial charge in [-0.15, -0.1) is 0 Å². The topological polar surface area (TPSA) is 57.7 Å². The summed E-state index contributed by atoms with van der Waals surface area (Å²) in [4.78, 5) is 40.8. The van der Waals surface area contributed by atoms with Crippen LogP contribution in [0.25, 0.3) is 0 Å². The van der Waals surface area contributed by atoms with E-state index in [2.05, 4.69) is 0 Å². The van der Waals surface area contributed by atoms with Crippen molar-refractivity contribution in [1.82, 2.24) is 9.80 Å². The van der Waals surface area contributed by atoms with E-state index in [0.29, 0.717) is 23.6 Å². The first-order valence-corrected chi connectivity index (χ1v) is 8.81. The largest absolute Gasteiger partial charge is 0.328 e. The summed E-state index contributed by atoms with van der Waals surface area (Å²) in [5, 5.41) is 0.554. The van der Waals surface area contributed by atoms with Gasteiger partial charge < -0.3 is 4.90 Å². The van der Waals surface area contributed by atoms with Crippen molar-refractivity contribution in [2.45, 2.75) is 18.9 Å². The summed E-state index contributed by atoms with van der Waals surface area (Å²) in [7, 11) is 0. The number of amides is 3. The quantitative estimate of drug-likeness (QED) is 0.782. The predicted octanol–water partition coefficient (Wildman–Crippen LogP) is 2.99. The molecule has 0 bridgehead atoms. The first-order chi connectivity index (χ1) is 12.5. The average molecular weight is 369 g/mol. The number of Topliss-reactive ketones (excluding diaryl/α,β-unsaturated/α-hetero) is 1. The molecule has 0 saturated carbocycles. The zero-order valence-corrected chi connectivity index (χ0v) is 15.0. The molecule has 26 heavy (non-hydrogen) atoms. The molecule has 3 amide bonds. The van der Waals surface area contributed by atoms with E-state index < -0.39 is 11.6 Å². The zero-order valence-electron chi connectivity index (χ0n) is 14.2. The molecule has 2 aromatic carbocycles. The van der Waals surface area contributed by atoms with Gasteiger partial charge in [0, 0.05) is 11.6 Å². The average Bonchev–Trinajstić information content (AvgIpc) is 2.84. The van der Waals surface area contributed by atoms with E-state index in [1.807, 2.05) is 24.3 Å². The Bertz CT molecular complexity index is 925. The monoisotopic (exact) mass is 368 g/mol. The Hall–Kier alpha value is -2.66. The van der Waals surface area contributed by atoms with Crippen LogP contribution in [0.15, 0.2) is 48.5 Å². The Labute approximate surface area is 156 Å². The molecular weight excluding hydrogens is 352 g/mol. The number of urea groups is 1. The summed E-state index contributed by atoms with van der Waals surface area (Å²) in [6, 6.07) is 14.2. The Morgan fingerprint density at radius 3 is 2.50 bits per heavy atom.